The van der Waals surface area contributed by atoms with Gasteiger partial charge in [-0.1, -0.05) is 30.3 Å². The molecule has 0 saturated heterocycles. The van der Waals surface area contributed by atoms with Crippen LogP contribution in [-0.4, -0.2) is 24.4 Å². The summed E-state index contributed by atoms with van der Waals surface area (Å²) in [7, 11) is 0. The second-order valence-electron chi connectivity index (χ2n) is 6.00. The summed E-state index contributed by atoms with van der Waals surface area (Å²) in [5.41, 5.74) is 2.10. The number of rotatable bonds is 3. The van der Waals surface area contributed by atoms with Gasteiger partial charge in [-0.05, 0) is 37.1 Å². The number of anilines is 2. The average Bonchev–Trinajstić information content (AvgIpc) is 2.89. The molecule has 0 aliphatic carbocycles. The standard InChI is InChI=1S/C19H19FN2O2/c1-13-11-15-7-3-5-9-17(15)22(13)19(24)12-21(14(2)23)18-10-6-4-8-16(18)20/h3-10,13H,11-12H2,1-2H3. The van der Waals surface area contributed by atoms with E-state index in [1.807, 2.05) is 31.2 Å². The first-order valence-corrected chi connectivity index (χ1v) is 7.91. The third-order valence-corrected chi connectivity index (χ3v) is 4.29. The third-order valence-electron chi connectivity index (χ3n) is 4.29. The quantitative estimate of drug-likeness (QED) is 0.869. The van der Waals surface area contributed by atoms with Crippen LogP contribution in [0, 0.1) is 5.82 Å². The summed E-state index contributed by atoms with van der Waals surface area (Å²) in [4.78, 5) is 27.7. The highest BCUT2D eigenvalue weighted by Gasteiger charge is 2.32. The van der Waals surface area contributed by atoms with E-state index in [0.717, 1.165) is 17.7 Å². The van der Waals surface area contributed by atoms with Crippen molar-refractivity contribution in [3.63, 3.8) is 0 Å². The van der Waals surface area contributed by atoms with Crippen molar-refractivity contribution >= 4 is 23.2 Å². The first-order chi connectivity index (χ1) is 11.5. The fraction of sp³-hybridized carbons (Fsp3) is 0.263. The Balaban J connectivity index is 1.88. The number of fused-ring (bicyclic) bond motifs is 1. The van der Waals surface area contributed by atoms with E-state index in [1.54, 1.807) is 17.0 Å². The number of para-hydroxylation sites is 2. The minimum atomic E-state index is -0.518. The molecule has 4 nitrogen and oxygen atoms in total. The molecule has 1 heterocycles. The number of carbonyl (C=O) groups is 2. The van der Waals surface area contributed by atoms with Crippen molar-refractivity contribution in [2.75, 3.05) is 16.3 Å². The SMILES string of the molecule is CC(=O)N(CC(=O)N1c2ccccc2CC1C)c1ccccc1F. The van der Waals surface area contributed by atoms with E-state index in [4.69, 9.17) is 0 Å². The molecule has 0 radical (unpaired) electrons. The molecule has 0 N–H and O–H groups in total. The van der Waals surface area contributed by atoms with Gasteiger partial charge in [0.15, 0.2) is 0 Å². The smallest absolute Gasteiger partial charge is 0.247 e. The van der Waals surface area contributed by atoms with Crippen molar-refractivity contribution in [2.45, 2.75) is 26.3 Å². The Bertz CT molecular complexity index is 790. The Morgan fingerprint density at radius 2 is 1.83 bits per heavy atom. The zero-order chi connectivity index (χ0) is 17.3. The molecule has 0 spiro atoms. The van der Waals surface area contributed by atoms with Gasteiger partial charge in [0, 0.05) is 18.7 Å². The number of benzene rings is 2. The summed E-state index contributed by atoms with van der Waals surface area (Å²) in [5.74, 6) is -1.10. The number of carbonyl (C=O) groups excluding carboxylic acids is 2. The molecule has 1 atom stereocenters. The molecule has 1 unspecified atom stereocenters. The highest BCUT2D eigenvalue weighted by Crippen LogP contribution is 2.32. The first kappa shape index (κ1) is 16.2. The minimum absolute atomic E-state index is 0.0179. The maximum absolute atomic E-state index is 14.0. The van der Waals surface area contributed by atoms with Gasteiger partial charge in [0.1, 0.15) is 12.4 Å². The fourth-order valence-electron chi connectivity index (χ4n) is 3.19. The molecule has 3 rings (SSSR count). The largest absolute Gasteiger partial charge is 0.307 e. The highest BCUT2D eigenvalue weighted by atomic mass is 19.1. The van der Waals surface area contributed by atoms with Crippen molar-refractivity contribution in [3.8, 4) is 0 Å². The Hall–Kier alpha value is -2.69. The van der Waals surface area contributed by atoms with Crippen molar-refractivity contribution in [2.24, 2.45) is 0 Å². The molecule has 5 heteroatoms. The van der Waals surface area contributed by atoms with Crippen LogP contribution in [0.3, 0.4) is 0 Å². The normalized spacial score (nSPS) is 16.0. The number of hydrogen-bond donors (Lipinski definition) is 0. The predicted octanol–water partition coefficient (Wildman–Crippen LogP) is 3.16. The second kappa shape index (κ2) is 6.43. The van der Waals surface area contributed by atoms with Crippen LogP contribution in [-0.2, 0) is 16.0 Å². The Morgan fingerprint density at radius 3 is 2.54 bits per heavy atom. The third kappa shape index (κ3) is 2.89. The van der Waals surface area contributed by atoms with Gasteiger partial charge < -0.3 is 9.80 Å². The van der Waals surface area contributed by atoms with Gasteiger partial charge >= 0.3 is 0 Å². The van der Waals surface area contributed by atoms with E-state index in [1.165, 1.54) is 24.0 Å². The lowest BCUT2D eigenvalue weighted by Gasteiger charge is -2.27. The van der Waals surface area contributed by atoms with Crippen molar-refractivity contribution in [1.29, 1.82) is 0 Å². The van der Waals surface area contributed by atoms with Crippen LogP contribution < -0.4 is 9.80 Å². The molecule has 2 aromatic carbocycles. The summed E-state index contributed by atoms with van der Waals surface area (Å²) in [6.45, 7) is 3.12. The first-order valence-electron chi connectivity index (χ1n) is 7.91. The maximum Gasteiger partial charge on any atom is 0.247 e. The maximum atomic E-state index is 14.0. The van der Waals surface area contributed by atoms with Crippen LogP contribution in [0.2, 0.25) is 0 Å². The van der Waals surface area contributed by atoms with E-state index >= 15 is 0 Å². The second-order valence-corrected chi connectivity index (χ2v) is 6.00. The Morgan fingerprint density at radius 1 is 1.17 bits per heavy atom. The van der Waals surface area contributed by atoms with E-state index in [-0.39, 0.29) is 30.1 Å². The molecule has 0 bridgehead atoms. The zero-order valence-corrected chi connectivity index (χ0v) is 13.7. The fourth-order valence-corrected chi connectivity index (χ4v) is 3.19. The van der Waals surface area contributed by atoms with Crippen LogP contribution in [0.25, 0.3) is 0 Å². The highest BCUT2D eigenvalue weighted by molar-refractivity contribution is 6.04. The lowest BCUT2D eigenvalue weighted by Crippen LogP contribution is -2.45. The molecule has 2 amide bonds. The molecule has 0 fully saturated rings. The summed E-state index contributed by atoms with van der Waals surface area (Å²) in [6.07, 6.45) is 0.779. The minimum Gasteiger partial charge on any atom is -0.307 e. The number of halogens is 1. The van der Waals surface area contributed by atoms with E-state index < -0.39 is 5.82 Å². The van der Waals surface area contributed by atoms with Gasteiger partial charge in [-0.2, -0.15) is 0 Å². The molecule has 24 heavy (non-hydrogen) atoms. The molecular formula is C19H19FN2O2. The van der Waals surface area contributed by atoms with Crippen molar-refractivity contribution in [3.05, 3.63) is 59.9 Å². The molecule has 0 saturated carbocycles. The summed E-state index contributed by atoms with van der Waals surface area (Å²) < 4.78 is 14.0. The van der Waals surface area contributed by atoms with E-state index in [0.29, 0.717) is 0 Å². The van der Waals surface area contributed by atoms with Crippen LogP contribution in [0.4, 0.5) is 15.8 Å². The van der Waals surface area contributed by atoms with Crippen LogP contribution >= 0.6 is 0 Å². The van der Waals surface area contributed by atoms with Crippen LogP contribution in [0.1, 0.15) is 19.4 Å². The van der Waals surface area contributed by atoms with Crippen LogP contribution in [0.5, 0.6) is 0 Å². The monoisotopic (exact) mass is 326 g/mol. The topological polar surface area (TPSA) is 40.6 Å². The van der Waals surface area contributed by atoms with Crippen molar-refractivity contribution in [1.82, 2.24) is 0 Å². The average molecular weight is 326 g/mol. The molecule has 2 aromatic rings. The number of hydrogen-bond acceptors (Lipinski definition) is 2. The zero-order valence-electron chi connectivity index (χ0n) is 13.7. The van der Waals surface area contributed by atoms with Gasteiger partial charge in [0.05, 0.1) is 5.69 Å². The van der Waals surface area contributed by atoms with Gasteiger partial charge in [-0.25, -0.2) is 4.39 Å². The number of nitrogens with zero attached hydrogens (tertiary/aromatic N) is 2. The van der Waals surface area contributed by atoms with Gasteiger partial charge in [-0.15, -0.1) is 0 Å². The van der Waals surface area contributed by atoms with E-state index in [2.05, 4.69) is 0 Å². The molecule has 124 valence electrons. The van der Waals surface area contributed by atoms with Crippen molar-refractivity contribution < 1.29 is 14.0 Å². The summed E-state index contributed by atoms with van der Waals surface area (Å²) in [6, 6.07) is 13.7. The summed E-state index contributed by atoms with van der Waals surface area (Å²) >= 11 is 0. The van der Waals surface area contributed by atoms with Gasteiger partial charge in [0.2, 0.25) is 11.8 Å². The molecular weight excluding hydrogens is 307 g/mol. The summed E-state index contributed by atoms with van der Waals surface area (Å²) in [5, 5.41) is 0. The van der Waals surface area contributed by atoms with E-state index in [9.17, 15) is 14.0 Å². The van der Waals surface area contributed by atoms with Crippen LogP contribution in [0.15, 0.2) is 48.5 Å². The number of amides is 2. The molecule has 0 aromatic heterocycles. The Kier molecular flexibility index (Phi) is 4.34. The molecule has 1 aliphatic rings. The molecule has 1 aliphatic heterocycles. The van der Waals surface area contributed by atoms with Gasteiger partial charge in [0.25, 0.3) is 0 Å². The predicted molar refractivity (Wildman–Crippen MR) is 91.5 cm³/mol. The Labute approximate surface area is 140 Å². The van der Waals surface area contributed by atoms with Gasteiger partial charge in [-0.3, -0.25) is 9.59 Å². The lowest BCUT2D eigenvalue weighted by molar-refractivity contribution is -0.121. The lowest BCUT2D eigenvalue weighted by atomic mass is 10.1.